The molecular weight excluding hydrogens is 228 g/mol. The minimum atomic E-state index is -0.616. The summed E-state index contributed by atoms with van der Waals surface area (Å²) in [5.41, 5.74) is 0. The lowest BCUT2D eigenvalue weighted by Gasteiger charge is -2.16. The Morgan fingerprint density at radius 3 is 2.72 bits per heavy atom. The molecule has 0 aliphatic heterocycles. The highest BCUT2D eigenvalue weighted by atomic mass is 16.7. The molecule has 1 N–H and O–H groups in total. The lowest BCUT2D eigenvalue weighted by atomic mass is 9.89. The maximum Gasteiger partial charge on any atom is 0.187 e. The van der Waals surface area contributed by atoms with Crippen LogP contribution in [0.5, 0.6) is 0 Å². The Hall–Kier alpha value is -0.980. The first kappa shape index (κ1) is 15.1. The van der Waals surface area contributed by atoms with Crippen molar-refractivity contribution in [2.75, 3.05) is 13.9 Å². The third-order valence-corrected chi connectivity index (χ3v) is 3.20. The van der Waals surface area contributed by atoms with Gasteiger partial charge < -0.3 is 14.6 Å². The molecule has 0 aromatic carbocycles. The quantitative estimate of drug-likeness (QED) is 0.354. The summed E-state index contributed by atoms with van der Waals surface area (Å²) in [6.45, 7) is 2.15. The van der Waals surface area contributed by atoms with Gasteiger partial charge in [0.2, 0.25) is 0 Å². The van der Waals surface area contributed by atoms with E-state index in [1.807, 2.05) is 6.92 Å². The molecule has 1 aliphatic rings. The highest BCUT2D eigenvalue weighted by Gasteiger charge is 2.12. The first-order valence-corrected chi connectivity index (χ1v) is 6.70. The van der Waals surface area contributed by atoms with Crippen LogP contribution in [0.15, 0.2) is 12.3 Å². The molecule has 1 fully saturated rings. The van der Waals surface area contributed by atoms with Crippen LogP contribution in [0.4, 0.5) is 0 Å². The highest BCUT2D eigenvalue weighted by molar-refractivity contribution is 5.11. The third-order valence-electron chi connectivity index (χ3n) is 3.20. The molecule has 18 heavy (non-hydrogen) atoms. The smallest absolute Gasteiger partial charge is 0.187 e. The van der Waals surface area contributed by atoms with Crippen LogP contribution in [0, 0.1) is 23.7 Å². The monoisotopic (exact) mass is 252 g/mol. The molecule has 0 aromatic rings. The maximum absolute atomic E-state index is 9.89. The van der Waals surface area contributed by atoms with E-state index >= 15 is 0 Å². The molecule has 0 amide bonds. The topological polar surface area (TPSA) is 38.7 Å². The van der Waals surface area contributed by atoms with Gasteiger partial charge in [-0.1, -0.05) is 38.0 Å². The number of ether oxygens (including phenoxy) is 2. The molecule has 0 aromatic heterocycles. The van der Waals surface area contributed by atoms with Gasteiger partial charge in [0, 0.05) is 18.9 Å². The van der Waals surface area contributed by atoms with Crippen LogP contribution in [0.2, 0.25) is 0 Å². The highest BCUT2D eigenvalue weighted by Crippen LogP contribution is 2.22. The Morgan fingerprint density at radius 1 is 1.33 bits per heavy atom. The van der Waals surface area contributed by atoms with E-state index in [1.165, 1.54) is 32.1 Å². The van der Waals surface area contributed by atoms with E-state index in [-0.39, 0.29) is 12.7 Å². The molecule has 3 nitrogen and oxygen atoms in total. The predicted octanol–water partition coefficient (Wildman–Crippen LogP) is 2.70. The van der Waals surface area contributed by atoms with Crippen molar-refractivity contribution in [3.63, 3.8) is 0 Å². The fourth-order valence-corrected chi connectivity index (χ4v) is 1.97. The van der Waals surface area contributed by atoms with Crippen LogP contribution < -0.4 is 0 Å². The fourth-order valence-electron chi connectivity index (χ4n) is 1.97. The van der Waals surface area contributed by atoms with Gasteiger partial charge in [-0.3, -0.25) is 0 Å². The number of aliphatic hydroxyl groups excluding tert-OH is 1. The summed E-state index contributed by atoms with van der Waals surface area (Å²) in [6.07, 6.45) is 8.98. The molecule has 0 heterocycles. The SMILES string of the molecule is COCO/C=C\C(C)C(O)C#CC1CCCCC1. The summed E-state index contributed by atoms with van der Waals surface area (Å²) in [6, 6.07) is 0. The van der Waals surface area contributed by atoms with E-state index < -0.39 is 6.10 Å². The summed E-state index contributed by atoms with van der Waals surface area (Å²) in [7, 11) is 1.57. The van der Waals surface area contributed by atoms with Gasteiger partial charge in [-0.15, -0.1) is 0 Å². The van der Waals surface area contributed by atoms with Crippen molar-refractivity contribution in [3.05, 3.63) is 12.3 Å². The lowest BCUT2D eigenvalue weighted by molar-refractivity contribution is 0.0189. The molecule has 0 radical (unpaired) electrons. The average molecular weight is 252 g/mol. The Morgan fingerprint density at radius 2 is 2.06 bits per heavy atom. The molecule has 3 heteroatoms. The molecule has 2 unspecified atom stereocenters. The minimum Gasteiger partial charge on any atom is -0.475 e. The van der Waals surface area contributed by atoms with Crippen molar-refractivity contribution in [1.29, 1.82) is 0 Å². The van der Waals surface area contributed by atoms with Crippen LogP contribution in [0.25, 0.3) is 0 Å². The van der Waals surface area contributed by atoms with Crippen LogP contribution in [-0.4, -0.2) is 25.1 Å². The second-order valence-electron chi connectivity index (χ2n) is 4.83. The largest absolute Gasteiger partial charge is 0.475 e. The standard InChI is InChI=1S/C15H24O3/c1-13(10-11-18-12-17-2)15(16)9-8-14-6-4-3-5-7-14/h10-11,13-16H,3-7,12H2,1-2H3/b11-10-. The number of rotatable bonds is 5. The Bertz CT molecular complexity index is 295. The van der Waals surface area contributed by atoms with Crippen LogP contribution >= 0.6 is 0 Å². The van der Waals surface area contributed by atoms with Gasteiger partial charge in [-0.2, -0.15) is 0 Å². The first-order valence-electron chi connectivity index (χ1n) is 6.70. The van der Waals surface area contributed by atoms with Crippen LogP contribution in [0.3, 0.4) is 0 Å². The molecule has 0 bridgehead atoms. The van der Waals surface area contributed by atoms with Crippen molar-refractivity contribution in [3.8, 4) is 11.8 Å². The Labute approximate surface area is 110 Å². The fraction of sp³-hybridized carbons (Fsp3) is 0.733. The van der Waals surface area contributed by atoms with Gasteiger partial charge >= 0.3 is 0 Å². The Balaban J connectivity index is 2.31. The van der Waals surface area contributed by atoms with E-state index in [1.54, 1.807) is 19.4 Å². The zero-order chi connectivity index (χ0) is 13.2. The van der Waals surface area contributed by atoms with E-state index in [0.29, 0.717) is 5.92 Å². The summed E-state index contributed by atoms with van der Waals surface area (Å²) >= 11 is 0. The molecule has 1 rings (SSSR count). The second kappa shape index (κ2) is 9.02. The van der Waals surface area contributed by atoms with Crippen LogP contribution in [0.1, 0.15) is 39.0 Å². The van der Waals surface area contributed by atoms with E-state index in [2.05, 4.69) is 11.8 Å². The summed E-state index contributed by atoms with van der Waals surface area (Å²) < 4.78 is 9.78. The number of hydrogen-bond acceptors (Lipinski definition) is 3. The third kappa shape index (κ3) is 6.09. The number of hydrogen-bond donors (Lipinski definition) is 1. The number of methoxy groups -OCH3 is 1. The van der Waals surface area contributed by atoms with Gasteiger partial charge in [0.1, 0.15) is 6.10 Å². The van der Waals surface area contributed by atoms with Crippen molar-refractivity contribution in [1.82, 2.24) is 0 Å². The normalized spacial score (nSPS) is 20.2. The van der Waals surface area contributed by atoms with Gasteiger partial charge in [0.25, 0.3) is 0 Å². The van der Waals surface area contributed by atoms with Gasteiger partial charge in [-0.25, -0.2) is 0 Å². The summed E-state index contributed by atoms with van der Waals surface area (Å²) in [5.74, 6) is 6.62. The van der Waals surface area contributed by atoms with Crippen LogP contribution in [-0.2, 0) is 9.47 Å². The van der Waals surface area contributed by atoms with E-state index in [4.69, 9.17) is 9.47 Å². The average Bonchev–Trinajstić information content (AvgIpc) is 2.42. The molecule has 1 saturated carbocycles. The first-order chi connectivity index (χ1) is 8.74. The second-order valence-corrected chi connectivity index (χ2v) is 4.83. The molecular formula is C15H24O3. The van der Waals surface area contributed by atoms with Gasteiger partial charge in [-0.05, 0) is 18.9 Å². The zero-order valence-electron chi connectivity index (χ0n) is 11.4. The van der Waals surface area contributed by atoms with Crippen molar-refractivity contribution >= 4 is 0 Å². The maximum atomic E-state index is 9.89. The summed E-state index contributed by atoms with van der Waals surface area (Å²) in [4.78, 5) is 0. The van der Waals surface area contributed by atoms with E-state index in [9.17, 15) is 5.11 Å². The number of aliphatic hydroxyl groups is 1. The molecule has 1 aliphatic carbocycles. The predicted molar refractivity (Wildman–Crippen MR) is 71.6 cm³/mol. The van der Waals surface area contributed by atoms with Gasteiger partial charge in [0.15, 0.2) is 6.79 Å². The zero-order valence-corrected chi connectivity index (χ0v) is 11.4. The molecule has 102 valence electrons. The van der Waals surface area contributed by atoms with Crippen molar-refractivity contribution < 1.29 is 14.6 Å². The van der Waals surface area contributed by atoms with Crippen molar-refractivity contribution in [2.45, 2.75) is 45.1 Å². The molecule has 0 spiro atoms. The summed E-state index contributed by atoms with van der Waals surface area (Å²) in [5, 5.41) is 9.89. The van der Waals surface area contributed by atoms with Crippen molar-refractivity contribution in [2.24, 2.45) is 11.8 Å². The molecule has 0 saturated heterocycles. The van der Waals surface area contributed by atoms with E-state index in [0.717, 1.165) is 0 Å². The Kier molecular flexibility index (Phi) is 7.55. The molecule has 2 atom stereocenters. The van der Waals surface area contributed by atoms with Gasteiger partial charge in [0.05, 0.1) is 6.26 Å². The lowest BCUT2D eigenvalue weighted by Crippen LogP contribution is -2.14. The minimum absolute atomic E-state index is 0.0297.